The van der Waals surface area contributed by atoms with Crippen molar-refractivity contribution in [2.45, 2.75) is 0 Å². The summed E-state index contributed by atoms with van der Waals surface area (Å²) in [6.45, 7) is 0. The van der Waals surface area contributed by atoms with E-state index in [-0.39, 0.29) is 20.1 Å². The summed E-state index contributed by atoms with van der Waals surface area (Å²) in [5, 5.41) is 2.07. The molecule has 0 N–H and O–H groups in total. The Bertz CT molecular complexity index is 1490. The van der Waals surface area contributed by atoms with Crippen LogP contribution in [0.1, 0.15) is 0 Å². The van der Waals surface area contributed by atoms with E-state index in [4.69, 9.17) is 9.97 Å². The van der Waals surface area contributed by atoms with Crippen molar-refractivity contribution in [2.24, 2.45) is 0 Å². The second-order valence-electron chi connectivity index (χ2n) is 9.64. The molecule has 0 saturated heterocycles. The topological polar surface area (TPSA) is 42.6 Å². The van der Waals surface area contributed by atoms with Crippen molar-refractivity contribution in [2.75, 3.05) is 19.7 Å². The van der Waals surface area contributed by atoms with E-state index in [1.165, 1.54) is 0 Å². The van der Waals surface area contributed by atoms with Gasteiger partial charge in [0.15, 0.2) is 6.20 Å². The second kappa shape index (κ2) is 8.99. The van der Waals surface area contributed by atoms with Gasteiger partial charge in [-0.2, -0.15) is 27.9 Å². The van der Waals surface area contributed by atoms with Gasteiger partial charge in [-0.15, -0.1) is 66.7 Å². The number of hydrogen-bond donors (Lipinski definition) is 0. The van der Waals surface area contributed by atoms with E-state index in [0.29, 0.717) is 0 Å². The molecule has 7 heterocycles. The van der Waals surface area contributed by atoms with Crippen molar-refractivity contribution >= 4 is 63.1 Å². The Labute approximate surface area is 250 Å². The number of anilines is 11. The molecule has 16 bridgehead atoms. The van der Waals surface area contributed by atoms with Crippen molar-refractivity contribution in [3.63, 3.8) is 0 Å². The van der Waals surface area contributed by atoms with Crippen LogP contribution in [0.3, 0.4) is 0 Å². The molecule has 3 aromatic carbocycles. The second-order valence-corrected chi connectivity index (χ2v) is 9.64. The zero-order valence-corrected chi connectivity index (χ0v) is 23.8. The van der Waals surface area contributed by atoms with Gasteiger partial charge in [-0.3, -0.25) is 0 Å². The van der Waals surface area contributed by atoms with Crippen molar-refractivity contribution in [3.05, 3.63) is 134 Å². The molecule has 0 spiro atoms. The Kier molecular flexibility index (Phi) is 5.22. The molecule has 4 aliphatic rings. The summed E-state index contributed by atoms with van der Waals surface area (Å²) in [7, 11) is 0. The van der Waals surface area contributed by atoms with Crippen molar-refractivity contribution in [1.29, 1.82) is 0 Å². The molecule has 0 fully saturated rings. The number of pyridine rings is 3. The molecule has 0 amide bonds. The van der Waals surface area contributed by atoms with Gasteiger partial charge in [-0.25, -0.2) is 9.97 Å². The van der Waals surface area contributed by atoms with Gasteiger partial charge >= 0.3 is 0 Å². The fourth-order valence-electron chi connectivity index (χ4n) is 5.55. The molecule has 6 aromatic rings. The van der Waals surface area contributed by atoms with Crippen LogP contribution < -0.4 is 24.4 Å². The zero-order chi connectivity index (χ0) is 26.2. The van der Waals surface area contributed by atoms with Crippen molar-refractivity contribution in [1.82, 2.24) is 9.97 Å². The maximum Gasteiger partial charge on any atom is 0.171 e. The zero-order valence-electron chi connectivity index (χ0n) is 21.4. The Balaban J connectivity index is 0.00000256. The number of hydrogen-bond acceptors (Lipinski definition) is 6. The molecule has 197 valence electrons. The average molecular weight is 705 g/mol. The average Bonchev–Trinajstić information content (AvgIpc) is 2.98. The van der Waals surface area contributed by atoms with E-state index in [2.05, 4.69) is 44.1 Å². The van der Waals surface area contributed by atoms with Crippen LogP contribution in [-0.2, 0) is 20.1 Å². The first-order valence-electron chi connectivity index (χ1n) is 13.0. The van der Waals surface area contributed by atoms with Crippen LogP contribution in [0.25, 0.3) is 0 Å². The van der Waals surface area contributed by atoms with Crippen LogP contribution in [0.4, 0.5) is 63.1 Å². The summed E-state index contributed by atoms with van der Waals surface area (Å²) in [5.74, 6) is 2.92. The van der Waals surface area contributed by atoms with Crippen LogP contribution >= 0.6 is 0 Å². The van der Waals surface area contributed by atoms with Crippen molar-refractivity contribution < 1.29 is 24.8 Å². The Morgan fingerprint density at radius 2 is 0.829 bits per heavy atom. The molecule has 3 aromatic heterocycles. The standard InChI is InChI=1S/C33H18N7.Ir/c1-7-23-19-24(8-1)38-29-13-6-18-36(22-29)40-27-11-2-9-25(20-27)37(23)30-14-4-16-32(34-30)39(26-10-3-12-28(40)21-26)33-17-5-15-31(38)35-33;/h1-18H;/q-3;. The Morgan fingerprint density at radius 1 is 0.439 bits per heavy atom. The van der Waals surface area contributed by atoms with Gasteiger partial charge in [0, 0.05) is 25.8 Å². The molecule has 8 heteroatoms. The molecule has 0 saturated carbocycles. The van der Waals surface area contributed by atoms with Crippen LogP contribution in [0.15, 0.2) is 109 Å². The number of benzene rings is 3. The SMILES string of the molecule is [Ir].[c-]1c2cccc1N1c3[c-][n+](ccc3)N3c4[c-]c(ccc4)N2c2cccc(n2)N(c2[c-]c3ccc2)c2cccc1n2. The molecule has 1 radical (unpaired) electrons. The Morgan fingerprint density at radius 3 is 1.39 bits per heavy atom. The minimum Gasteiger partial charge on any atom is -0.343 e. The van der Waals surface area contributed by atoms with Gasteiger partial charge in [0.1, 0.15) is 23.3 Å². The molecular formula is C33H18IrN7-3. The van der Waals surface area contributed by atoms with Gasteiger partial charge in [0.05, 0.1) is 6.20 Å². The third kappa shape index (κ3) is 3.58. The predicted octanol–water partition coefficient (Wildman–Crippen LogP) is 6.91. The van der Waals surface area contributed by atoms with Crippen molar-refractivity contribution in [3.8, 4) is 0 Å². The molecular weight excluding hydrogens is 687 g/mol. The fourth-order valence-corrected chi connectivity index (χ4v) is 5.55. The quantitative estimate of drug-likeness (QED) is 0.126. The van der Waals surface area contributed by atoms with Crippen LogP contribution in [0.5, 0.6) is 0 Å². The smallest absolute Gasteiger partial charge is 0.171 e. The fraction of sp³-hybridized carbons (Fsp3) is 0. The van der Waals surface area contributed by atoms with E-state index in [0.717, 1.165) is 63.1 Å². The van der Waals surface area contributed by atoms with Crippen LogP contribution in [0, 0.1) is 24.4 Å². The monoisotopic (exact) mass is 705 g/mol. The third-order valence-corrected chi connectivity index (χ3v) is 7.24. The first-order valence-corrected chi connectivity index (χ1v) is 13.0. The third-order valence-electron chi connectivity index (χ3n) is 7.24. The summed E-state index contributed by atoms with van der Waals surface area (Å²) < 4.78 is 1.95. The molecule has 7 nitrogen and oxygen atoms in total. The molecule has 10 rings (SSSR count). The summed E-state index contributed by atoms with van der Waals surface area (Å²) >= 11 is 0. The first kappa shape index (κ1) is 23.8. The first-order chi connectivity index (χ1) is 19.8. The normalized spacial score (nSPS) is 13.5. The molecule has 0 atom stereocenters. The van der Waals surface area contributed by atoms with Crippen LogP contribution in [-0.4, -0.2) is 9.97 Å². The number of nitrogens with zero attached hydrogens (tertiary/aromatic N) is 7. The minimum atomic E-state index is 0. The Hall–Kier alpha value is -5.04. The maximum absolute atomic E-state index is 5.19. The van der Waals surface area contributed by atoms with Gasteiger partial charge in [-0.05, 0) is 35.6 Å². The van der Waals surface area contributed by atoms with E-state index >= 15 is 0 Å². The molecule has 0 aliphatic carbocycles. The van der Waals surface area contributed by atoms with Gasteiger partial charge in [0.2, 0.25) is 0 Å². The summed E-state index contributed by atoms with van der Waals surface area (Å²) in [6, 6.07) is 45.4. The van der Waals surface area contributed by atoms with Gasteiger partial charge in [-0.1, -0.05) is 34.9 Å². The number of rotatable bonds is 0. The van der Waals surface area contributed by atoms with Gasteiger partial charge < -0.3 is 14.7 Å². The predicted molar refractivity (Wildman–Crippen MR) is 153 cm³/mol. The largest absolute Gasteiger partial charge is 0.343 e. The number of aromatic nitrogens is 3. The van der Waals surface area contributed by atoms with E-state index in [9.17, 15) is 0 Å². The van der Waals surface area contributed by atoms with E-state index in [1.54, 1.807) is 0 Å². The molecule has 4 aliphatic heterocycles. The van der Waals surface area contributed by atoms with Gasteiger partial charge in [0.25, 0.3) is 0 Å². The maximum atomic E-state index is 5.19. The molecule has 41 heavy (non-hydrogen) atoms. The minimum absolute atomic E-state index is 0. The molecule has 0 unspecified atom stereocenters. The van der Waals surface area contributed by atoms with E-state index in [1.807, 2.05) is 114 Å². The summed E-state index contributed by atoms with van der Waals surface area (Å²) in [4.78, 5) is 16.6. The van der Waals surface area contributed by atoms with Crippen LogP contribution in [0.2, 0.25) is 0 Å². The summed E-state index contributed by atoms with van der Waals surface area (Å²) in [5.41, 5.74) is 5.77. The van der Waals surface area contributed by atoms with E-state index < -0.39 is 0 Å². The summed E-state index contributed by atoms with van der Waals surface area (Å²) in [6.07, 6.45) is 5.58.